The molecule has 1 N–H and O–H groups in total. The second-order valence-corrected chi connectivity index (χ2v) is 3.44. The molecule has 1 aromatic carbocycles. The smallest absolute Gasteiger partial charge is 0.168 e. The number of ether oxygens (including phenoxy) is 1. The molecule has 0 bridgehead atoms. The lowest BCUT2D eigenvalue weighted by Gasteiger charge is -2.03. The lowest BCUT2D eigenvalue weighted by atomic mass is 10.3. The number of nitrogens with one attached hydrogen (secondary N) is 1. The molecule has 0 spiro atoms. The van der Waals surface area contributed by atoms with Gasteiger partial charge in [-0.1, -0.05) is 18.2 Å². The zero-order valence-corrected chi connectivity index (χ0v) is 8.92. The first kappa shape index (κ1) is 9.77. The fraction of sp³-hybridized carbons (Fsp3) is 0.0833. The standard InChI is InChI=1S/C12H9N4O/c1-2-4-9(5-3-1)17-7-11-13-6-10-12(16-11)15-8-14-10/h1-4,6,8H,7H2,(H,13,14,15,16). The Morgan fingerprint density at radius 1 is 1.29 bits per heavy atom. The van der Waals surface area contributed by atoms with Gasteiger partial charge in [-0.25, -0.2) is 15.0 Å². The van der Waals surface area contributed by atoms with Crippen molar-refractivity contribution in [2.75, 3.05) is 0 Å². The highest BCUT2D eigenvalue weighted by Gasteiger charge is 2.02. The van der Waals surface area contributed by atoms with E-state index in [0.29, 0.717) is 18.2 Å². The molecule has 0 saturated heterocycles. The maximum absolute atomic E-state index is 5.50. The minimum Gasteiger partial charge on any atom is -0.485 e. The van der Waals surface area contributed by atoms with E-state index in [1.807, 2.05) is 18.2 Å². The number of benzene rings is 1. The van der Waals surface area contributed by atoms with Crippen molar-refractivity contribution >= 4 is 11.2 Å². The van der Waals surface area contributed by atoms with Crippen LogP contribution in [0.4, 0.5) is 0 Å². The number of para-hydroxylation sites is 1. The summed E-state index contributed by atoms with van der Waals surface area (Å²) in [6.45, 7) is 0.315. The van der Waals surface area contributed by atoms with E-state index in [9.17, 15) is 0 Å². The number of fused-ring (bicyclic) bond motifs is 1. The van der Waals surface area contributed by atoms with Gasteiger partial charge >= 0.3 is 0 Å². The van der Waals surface area contributed by atoms with Crippen LogP contribution in [0.25, 0.3) is 11.2 Å². The summed E-state index contributed by atoms with van der Waals surface area (Å²) < 4.78 is 5.50. The summed E-state index contributed by atoms with van der Waals surface area (Å²) in [5.74, 6) is 1.29. The van der Waals surface area contributed by atoms with Crippen LogP contribution in [0.5, 0.6) is 5.75 Å². The van der Waals surface area contributed by atoms with E-state index >= 15 is 0 Å². The maximum Gasteiger partial charge on any atom is 0.168 e. The van der Waals surface area contributed by atoms with Gasteiger partial charge in [0.15, 0.2) is 11.5 Å². The van der Waals surface area contributed by atoms with Crippen LogP contribution in [0.15, 0.2) is 36.8 Å². The van der Waals surface area contributed by atoms with Crippen LogP contribution in [-0.4, -0.2) is 19.9 Å². The Morgan fingerprint density at radius 3 is 3.18 bits per heavy atom. The van der Waals surface area contributed by atoms with E-state index in [-0.39, 0.29) is 0 Å². The second kappa shape index (κ2) is 4.21. The number of hydrogen-bond donors (Lipinski definition) is 1. The number of nitrogens with zero attached hydrogens (tertiary/aromatic N) is 3. The fourth-order valence-corrected chi connectivity index (χ4v) is 1.45. The van der Waals surface area contributed by atoms with Crippen LogP contribution in [0.3, 0.4) is 0 Å². The van der Waals surface area contributed by atoms with E-state index in [4.69, 9.17) is 4.74 Å². The Hall–Kier alpha value is -2.43. The van der Waals surface area contributed by atoms with Gasteiger partial charge in [-0.2, -0.15) is 0 Å². The zero-order chi connectivity index (χ0) is 11.5. The van der Waals surface area contributed by atoms with Crippen molar-refractivity contribution in [1.29, 1.82) is 0 Å². The molecular weight excluding hydrogens is 216 g/mol. The van der Waals surface area contributed by atoms with Gasteiger partial charge in [-0.05, 0) is 6.07 Å². The SMILES string of the molecule is [c]1ccccc1OCc1ncc2nc[nH]c2n1. The predicted octanol–water partition coefficient (Wildman–Crippen LogP) is 1.73. The molecule has 0 saturated carbocycles. The average Bonchev–Trinajstić information content (AvgIpc) is 2.85. The molecule has 2 aromatic heterocycles. The largest absolute Gasteiger partial charge is 0.485 e. The Kier molecular flexibility index (Phi) is 2.42. The molecule has 17 heavy (non-hydrogen) atoms. The highest BCUT2D eigenvalue weighted by Crippen LogP contribution is 2.10. The molecule has 2 heterocycles. The molecule has 5 heteroatoms. The Balaban J connectivity index is 1.76. The lowest BCUT2D eigenvalue weighted by molar-refractivity contribution is 0.295. The minimum atomic E-state index is 0.315. The Bertz CT molecular complexity index is 620. The summed E-state index contributed by atoms with van der Waals surface area (Å²) in [6.07, 6.45) is 3.27. The van der Waals surface area contributed by atoms with Crippen molar-refractivity contribution < 1.29 is 4.74 Å². The summed E-state index contributed by atoms with van der Waals surface area (Å²) in [4.78, 5) is 15.4. The highest BCUT2D eigenvalue weighted by molar-refractivity contribution is 5.67. The maximum atomic E-state index is 5.50. The molecule has 0 unspecified atom stereocenters. The second-order valence-electron chi connectivity index (χ2n) is 3.44. The van der Waals surface area contributed by atoms with Crippen molar-refractivity contribution in [3.8, 4) is 5.75 Å². The van der Waals surface area contributed by atoms with E-state index in [2.05, 4.69) is 26.0 Å². The molecule has 1 radical (unpaired) electrons. The number of rotatable bonds is 3. The molecule has 0 aliphatic heterocycles. The van der Waals surface area contributed by atoms with Crippen molar-refractivity contribution in [1.82, 2.24) is 19.9 Å². The highest BCUT2D eigenvalue weighted by atomic mass is 16.5. The van der Waals surface area contributed by atoms with Crippen molar-refractivity contribution in [2.24, 2.45) is 0 Å². The number of aromatic amines is 1. The quantitative estimate of drug-likeness (QED) is 0.737. The first-order valence-electron chi connectivity index (χ1n) is 5.16. The van der Waals surface area contributed by atoms with Gasteiger partial charge in [0.05, 0.1) is 12.5 Å². The minimum absolute atomic E-state index is 0.315. The third-order valence-corrected chi connectivity index (χ3v) is 2.26. The van der Waals surface area contributed by atoms with Gasteiger partial charge in [0.2, 0.25) is 0 Å². The van der Waals surface area contributed by atoms with Crippen LogP contribution in [0.1, 0.15) is 5.82 Å². The van der Waals surface area contributed by atoms with Crippen LogP contribution < -0.4 is 4.74 Å². The summed E-state index contributed by atoms with van der Waals surface area (Å²) in [5, 5.41) is 0. The van der Waals surface area contributed by atoms with E-state index in [1.54, 1.807) is 18.6 Å². The van der Waals surface area contributed by atoms with Crippen LogP contribution in [0, 0.1) is 6.07 Å². The third kappa shape index (κ3) is 2.08. The lowest BCUT2D eigenvalue weighted by Crippen LogP contribution is -2.01. The molecular formula is C12H9N4O. The summed E-state index contributed by atoms with van der Waals surface area (Å²) >= 11 is 0. The summed E-state index contributed by atoms with van der Waals surface area (Å²) in [5.41, 5.74) is 1.47. The molecule has 0 aliphatic rings. The number of H-pyrrole nitrogens is 1. The first-order chi connectivity index (χ1) is 8.42. The van der Waals surface area contributed by atoms with Crippen LogP contribution in [0.2, 0.25) is 0 Å². The Labute approximate surface area is 97.5 Å². The monoisotopic (exact) mass is 225 g/mol. The fourth-order valence-electron chi connectivity index (χ4n) is 1.45. The van der Waals surface area contributed by atoms with Gasteiger partial charge in [0, 0.05) is 6.07 Å². The summed E-state index contributed by atoms with van der Waals surface area (Å²) in [7, 11) is 0. The van der Waals surface area contributed by atoms with E-state index in [0.717, 1.165) is 11.2 Å². The van der Waals surface area contributed by atoms with E-state index in [1.165, 1.54) is 0 Å². The molecule has 0 aliphatic carbocycles. The molecule has 0 atom stereocenters. The van der Waals surface area contributed by atoms with Gasteiger partial charge < -0.3 is 9.72 Å². The van der Waals surface area contributed by atoms with Gasteiger partial charge in [-0.3, -0.25) is 0 Å². The average molecular weight is 225 g/mol. The van der Waals surface area contributed by atoms with E-state index < -0.39 is 0 Å². The van der Waals surface area contributed by atoms with Gasteiger partial charge in [-0.15, -0.1) is 0 Å². The number of aromatic nitrogens is 4. The van der Waals surface area contributed by atoms with Gasteiger partial charge in [0.1, 0.15) is 17.9 Å². The Morgan fingerprint density at radius 2 is 2.29 bits per heavy atom. The van der Waals surface area contributed by atoms with Crippen LogP contribution >= 0.6 is 0 Å². The third-order valence-electron chi connectivity index (χ3n) is 2.26. The number of imidazole rings is 1. The molecule has 0 amide bonds. The molecule has 5 nitrogen and oxygen atoms in total. The topological polar surface area (TPSA) is 63.7 Å². The van der Waals surface area contributed by atoms with Crippen molar-refractivity contribution in [2.45, 2.75) is 6.61 Å². The van der Waals surface area contributed by atoms with Crippen LogP contribution in [-0.2, 0) is 6.61 Å². The van der Waals surface area contributed by atoms with Crippen molar-refractivity contribution in [3.63, 3.8) is 0 Å². The normalized spacial score (nSPS) is 10.6. The predicted molar refractivity (Wildman–Crippen MR) is 61.3 cm³/mol. The van der Waals surface area contributed by atoms with Gasteiger partial charge in [0.25, 0.3) is 0 Å². The summed E-state index contributed by atoms with van der Waals surface area (Å²) in [6, 6.07) is 10.4. The molecule has 83 valence electrons. The zero-order valence-electron chi connectivity index (χ0n) is 8.92. The number of hydrogen-bond acceptors (Lipinski definition) is 4. The first-order valence-corrected chi connectivity index (χ1v) is 5.16. The van der Waals surface area contributed by atoms with Crippen molar-refractivity contribution in [3.05, 3.63) is 48.7 Å². The molecule has 3 rings (SSSR count). The molecule has 0 fully saturated rings. The molecule has 3 aromatic rings.